The minimum atomic E-state index is -3.84. The van der Waals surface area contributed by atoms with E-state index < -0.39 is 9.84 Å². The Morgan fingerprint density at radius 1 is 1.07 bits per heavy atom. The number of nitrogens with zero attached hydrogens (tertiary/aromatic N) is 4. The van der Waals surface area contributed by atoms with E-state index in [0.717, 1.165) is 17.3 Å². The molecule has 0 saturated heterocycles. The molecule has 0 saturated carbocycles. The molecule has 0 unspecified atom stereocenters. The molecule has 1 N–H and O–H groups in total. The molecule has 4 aromatic rings. The summed E-state index contributed by atoms with van der Waals surface area (Å²) in [4.78, 5) is 4.71. The molecular weight excluding hydrogens is 378 g/mol. The van der Waals surface area contributed by atoms with E-state index in [4.69, 9.17) is 4.74 Å². The molecule has 0 aliphatic carbocycles. The van der Waals surface area contributed by atoms with Crippen molar-refractivity contribution < 1.29 is 13.2 Å². The van der Waals surface area contributed by atoms with Crippen LogP contribution in [-0.2, 0) is 14.6 Å². The van der Waals surface area contributed by atoms with E-state index in [1.165, 1.54) is 16.6 Å². The number of methoxy groups -OCH3 is 1. The zero-order chi connectivity index (χ0) is 19.6. The van der Waals surface area contributed by atoms with Gasteiger partial charge in [-0.1, -0.05) is 35.5 Å². The van der Waals surface area contributed by atoms with Crippen molar-refractivity contribution in [2.24, 2.45) is 0 Å². The number of rotatable bonds is 7. The maximum absolute atomic E-state index is 13.1. The first-order valence-corrected chi connectivity index (χ1v) is 10.3. The summed E-state index contributed by atoms with van der Waals surface area (Å²) in [5.41, 5.74) is 0.917. The highest BCUT2D eigenvalue weighted by Gasteiger charge is 2.26. The molecule has 2 heterocycles. The Bertz CT molecular complexity index is 1220. The van der Waals surface area contributed by atoms with E-state index in [1.54, 1.807) is 25.3 Å². The van der Waals surface area contributed by atoms with E-state index in [2.05, 4.69) is 20.6 Å². The zero-order valence-electron chi connectivity index (χ0n) is 15.2. The highest BCUT2D eigenvalue weighted by Crippen LogP contribution is 2.27. The van der Waals surface area contributed by atoms with Gasteiger partial charge in [-0.25, -0.2) is 13.4 Å². The van der Waals surface area contributed by atoms with Crippen LogP contribution in [0.5, 0.6) is 0 Å². The van der Waals surface area contributed by atoms with Crippen molar-refractivity contribution in [2.75, 3.05) is 25.6 Å². The van der Waals surface area contributed by atoms with Crippen molar-refractivity contribution in [1.29, 1.82) is 0 Å². The lowest BCUT2D eigenvalue weighted by molar-refractivity contribution is 0.198. The van der Waals surface area contributed by atoms with Gasteiger partial charge in [-0.15, -0.1) is 5.10 Å². The largest absolute Gasteiger partial charge is 0.385 e. The summed E-state index contributed by atoms with van der Waals surface area (Å²) >= 11 is 0. The van der Waals surface area contributed by atoms with Gasteiger partial charge in [0.15, 0.2) is 5.65 Å². The fourth-order valence-electron chi connectivity index (χ4n) is 2.99. The molecule has 2 aromatic carbocycles. The summed E-state index contributed by atoms with van der Waals surface area (Å²) in [6, 6.07) is 15.7. The van der Waals surface area contributed by atoms with Crippen LogP contribution in [0.15, 0.2) is 64.5 Å². The molecule has 0 aliphatic heterocycles. The molecule has 2 aromatic heterocycles. The van der Waals surface area contributed by atoms with Gasteiger partial charge in [-0.3, -0.25) is 0 Å². The van der Waals surface area contributed by atoms with Crippen LogP contribution in [0, 0.1) is 0 Å². The summed E-state index contributed by atoms with van der Waals surface area (Å²) in [5.74, 6) is 0.589. The Kier molecular flexibility index (Phi) is 4.93. The Morgan fingerprint density at radius 3 is 2.61 bits per heavy atom. The number of hydrogen-bond acceptors (Lipinski definition) is 7. The highest BCUT2D eigenvalue weighted by molar-refractivity contribution is 7.91. The third-order valence-corrected chi connectivity index (χ3v) is 6.01. The Balaban J connectivity index is 1.88. The zero-order valence-corrected chi connectivity index (χ0v) is 16.1. The predicted octanol–water partition coefficient (Wildman–Crippen LogP) is 2.56. The maximum atomic E-state index is 13.1. The maximum Gasteiger partial charge on any atom is 0.229 e. The van der Waals surface area contributed by atoms with Crippen LogP contribution >= 0.6 is 0 Å². The van der Waals surface area contributed by atoms with Crippen LogP contribution in [0.4, 0.5) is 5.82 Å². The van der Waals surface area contributed by atoms with Crippen molar-refractivity contribution in [3.05, 3.63) is 54.6 Å². The first kappa shape index (κ1) is 18.3. The highest BCUT2D eigenvalue weighted by atomic mass is 32.2. The fraction of sp³-hybridized carbons (Fsp3) is 0.211. The van der Waals surface area contributed by atoms with Gasteiger partial charge in [0, 0.05) is 25.6 Å². The topological polar surface area (TPSA) is 98.5 Å². The molecule has 28 heavy (non-hydrogen) atoms. The SMILES string of the molecule is COCCCNc1nc2c(S(=O)(=O)c3ccccc3)nnn2c2ccccc12. The number of fused-ring (bicyclic) bond motifs is 3. The third-order valence-electron chi connectivity index (χ3n) is 4.35. The van der Waals surface area contributed by atoms with Gasteiger partial charge >= 0.3 is 0 Å². The van der Waals surface area contributed by atoms with Crippen molar-refractivity contribution in [3.8, 4) is 0 Å². The fourth-order valence-corrected chi connectivity index (χ4v) is 4.24. The number of ether oxygens (including phenoxy) is 1. The van der Waals surface area contributed by atoms with Crippen LogP contribution in [0.1, 0.15) is 6.42 Å². The van der Waals surface area contributed by atoms with E-state index in [1.807, 2.05) is 24.3 Å². The molecule has 9 heteroatoms. The second-order valence-electron chi connectivity index (χ2n) is 6.20. The van der Waals surface area contributed by atoms with Gasteiger partial charge in [0.2, 0.25) is 14.9 Å². The second-order valence-corrected chi connectivity index (χ2v) is 8.06. The number of aromatic nitrogens is 4. The first-order chi connectivity index (χ1) is 13.6. The number of anilines is 1. The van der Waals surface area contributed by atoms with Crippen LogP contribution in [0.3, 0.4) is 0 Å². The summed E-state index contributed by atoms with van der Waals surface area (Å²) in [6.07, 6.45) is 0.796. The summed E-state index contributed by atoms with van der Waals surface area (Å²) in [7, 11) is -2.19. The molecule has 0 aliphatic rings. The Hall–Kier alpha value is -3.04. The smallest absolute Gasteiger partial charge is 0.229 e. The van der Waals surface area contributed by atoms with E-state index >= 15 is 0 Å². The Labute approximate surface area is 162 Å². The van der Waals surface area contributed by atoms with Crippen molar-refractivity contribution in [2.45, 2.75) is 16.3 Å². The average molecular weight is 397 g/mol. The quantitative estimate of drug-likeness (QED) is 0.479. The van der Waals surface area contributed by atoms with Crippen LogP contribution in [-0.4, -0.2) is 48.5 Å². The van der Waals surface area contributed by atoms with E-state index in [-0.39, 0.29) is 15.6 Å². The minimum absolute atomic E-state index is 0.155. The molecule has 0 radical (unpaired) electrons. The minimum Gasteiger partial charge on any atom is -0.385 e. The number of nitrogens with one attached hydrogen (secondary N) is 1. The summed E-state index contributed by atoms with van der Waals surface area (Å²) in [6.45, 7) is 1.26. The lowest BCUT2D eigenvalue weighted by Gasteiger charge is -2.10. The van der Waals surface area contributed by atoms with Crippen LogP contribution < -0.4 is 5.32 Å². The van der Waals surface area contributed by atoms with Crippen molar-refractivity contribution >= 4 is 32.2 Å². The van der Waals surface area contributed by atoms with E-state index in [9.17, 15) is 8.42 Å². The molecule has 8 nitrogen and oxygen atoms in total. The molecule has 0 amide bonds. The summed E-state index contributed by atoms with van der Waals surface area (Å²) < 4.78 is 32.7. The monoisotopic (exact) mass is 397 g/mol. The second kappa shape index (κ2) is 7.53. The van der Waals surface area contributed by atoms with E-state index in [0.29, 0.717) is 19.0 Å². The number of sulfone groups is 1. The molecular formula is C19H19N5O3S. The van der Waals surface area contributed by atoms with Gasteiger partial charge in [0.05, 0.1) is 10.4 Å². The lowest BCUT2D eigenvalue weighted by Crippen LogP contribution is -2.09. The third kappa shape index (κ3) is 3.19. The number of benzene rings is 2. The molecule has 0 spiro atoms. The van der Waals surface area contributed by atoms with Crippen LogP contribution in [0.2, 0.25) is 0 Å². The molecule has 0 atom stereocenters. The average Bonchev–Trinajstić information content (AvgIpc) is 3.17. The normalized spacial score (nSPS) is 11.9. The molecule has 144 valence electrons. The van der Waals surface area contributed by atoms with Crippen molar-refractivity contribution in [3.63, 3.8) is 0 Å². The molecule has 4 rings (SSSR count). The summed E-state index contributed by atoms with van der Waals surface area (Å²) in [5, 5.41) is 12.0. The van der Waals surface area contributed by atoms with Gasteiger partial charge in [0.25, 0.3) is 0 Å². The lowest BCUT2D eigenvalue weighted by atomic mass is 10.2. The molecule has 0 fully saturated rings. The van der Waals surface area contributed by atoms with Crippen LogP contribution in [0.25, 0.3) is 16.6 Å². The number of hydrogen-bond donors (Lipinski definition) is 1. The molecule has 0 bridgehead atoms. The number of para-hydroxylation sites is 1. The van der Waals surface area contributed by atoms with Gasteiger partial charge < -0.3 is 10.1 Å². The first-order valence-electron chi connectivity index (χ1n) is 8.80. The van der Waals surface area contributed by atoms with Gasteiger partial charge in [-0.05, 0) is 30.7 Å². The van der Waals surface area contributed by atoms with Crippen molar-refractivity contribution in [1.82, 2.24) is 19.8 Å². The Morgan fingerprint density at radius 2 is 1.82 bits per heavy atom. The predicted molar refractivity (Wildman–Crippen MR) is 105 cm³/mol. The standard InChI is InChI=1S/C19H19N5O3S/c1-27-13-7-12-20-17-15-10-5-6-11-16(15)24-18(21-17)19(22-23-24)28(25,26)14-8-3-2-4-9-14/h2-6,8-11H,7,12-13H2,1H3,(H,20,21). The van der Waals surface area contributed by atoms with Gasteiger partial charge in [0.1, 0.15) is 5.82 Å². The van der Waals surface area contributed by atoms with Gasteiger partial charge in [-0.2, -0.15) is 4.52 Å².